The van der Waals surface area contributed by atoms with Crippen LogP contribution in [0.1, 0.15) is 60.3 Å². The molecule has 1 fully saturated rings. The Morgan fingerprint density at radius 1 is 1.26 bits per heavy atom. The first-order valence-electron chi connectivity index (χ1n) is 6.96. The number of alkyl carbamates (subject to hydrolysis) is 1. The molecule has 1 rings (SSSR count). The van der Waals surface area contributed by atoms with Gasteiger partial charge in [-0.15, -0.1) is 0 Å². The van der Waals surface area contributed by atoms with Gasteiger partial charge in [0, 0.05) is 6.54 Å². The van der Waals surface area contributed by atoms with E-state index >= 15 is 0 Å². The number of hydrogen-bond donors (Lipinski definition) is 1. The van der Waals surface area contributed by atoms with Crippen molar-refractivity contribution in [2.75, 3.05) is 6.54 Å². The maximum atomic E-state index is 11.6. The second kappa shape index (κ2) is 5.40. The van der Waals surface area contributed by atoms with Crippen LogP contribution in [0.4, 0.5) is 4.79 Å². The van der Waals surface area contributed by atoms with Crippen molar-refractivity contribution in [3.05, 3.63) is 0 Å². The lowest BCUT2D eigenvalue weighted by Gasteiger charge is -2.39. The van der Waals surface area contributed by atoms with Gasteiger partial charge in [0.15, 0.2) is 0 Å². The number of nitrogens with one attached hydrogen (secondary N) is 1. The first-order valence-corrected chi connectivity index (χ1v) is 6.96. The largest absolute Gasteiger partial charge is 0.444 e. The van der Waals surface area contributed by atoms with Crippen LogP contribution >= 0.6 is 0 Å². The van der Waals surface area contributed by atoms with Crippen LogP contribution in [0.25, 0.3) is 0 Å². The average Bonchev–Trinajstić information content (AvgIpc) is 2.29. The van der Waals surface area contributed by atoms with Gasteiger partial charge >= 0.3 is 6.09 Å². The van der Waals surface area contributed by atoms with Crippen LogP contribution < -0.4 is 5.32 Å². The Morgan fingerprint density at radius 3 is 2.21 bits per heavy atom. The number of rotatable bonds is 2. The van der Waals surface area contributed by atoms with Crippen molar-refractivity contribution in [1.82, 2.24) is 5.32 Å². The lowest BCUT2D eigenvalue weighted by molar-refractivity contribution is 0.0475. The van der Waals surface area contributed by atoms with Crippen LogP contribution in [0.15, 0.2) is 0 Å². The highest BCUT2D eigenvalue weighted by Gasteiger charge is 2.37. The highest BCUT2D eigenvalue weighted by molar-refractivity contribution is 5.67. The molecule has 4 heteroatoms. The van der Waals surface area contributed by atoms with Crippen molar-refractivity contribution in [2.45, 2.75) is 65.9 Å². The van der Waals surface area contributed by atoms with Gasteiger partial charge in [-0.25, -0.2) is 4.79 Å². The van der Waals surface area contributed by atoms with E-state index < -0.39 is 5.60 Å². The van der Waals surface area contributed by atoms with Crippen molar-refractivity contribution in [1.29, 1.82) is 5.26 Å². The fourth-order valence-electron chi connectivity index (χ4n) is 2.29. The van der Waals surface area contributed by atoms with Gasteiger partial charge < -0.3 is 10.1 Å². The molecule has 0 radical (unpaired) electrons. The number of ether oxygens (including phenoxy) is 1. The van der Waals surface area contributed by atoms with Gasteiger partial charge in [-0.05, 0) is 58.8 Å². The summed E-state index contributed by atoms with van der Waals surface area (Å²) in [6, 6.07) is 2.40. The van der Waals surface area contributed by atoms with Crippen LogP contribution in [0.3, 0.4) is 0 Å². The molecule has 108 valence electrons. The molecule has 0 atom stereocenters. The normalized spacial score (nSPS) is 31.4. The average molecular weight is 266 g/mol. The zero-order chi connectivity index (χ0) is 14.7. The third-order valence-electron chi connectivity index (χ3n) is 3.89. The highest BCUT2D eigenvalue weighted by atomic mass is 16.6. The third-order valence-corrected chi connectivity index (χ3v) is 3.89. The molecule has 0 heterocycles. The van der Waals surface area contributed by atoms with E-state index in [1.165, 1.54) is 0 Å². The van der Waals surface area contributed by atoms with Crippen molar-refractivity contribution < 1.29 is 9.53 Å². The molecule has 1 amide bonds. The highest BCUT2D eigenvalue weighted by Crippen LogP contribution is 2.44. The minimum atomic E-state index is -0.461. The number of carbonyl (C=O) groups is 1. The van der Waals surface area contributed by atoms with Crippen molar-refractivity contribution in [3.8, 4) is 6.07 Å². The molecule has 0 spiro atoms. The van der Waals surface area contributed by atoms with Gasteiger partial charge in [0.05, 0.1) is 11.5 Å². The molecule has 1 N–H and O–H groups in total. The summed E-state index contributed by atoms with van der Waals surface area (Å²) in [6.45, 7) is 10.4. The first-order chi connectivity index (χ1) is 8.58. The maximum Gasteiger partial charge on any atom is 0.407 e. The molecule has 0 aromatic carbocycles. The van der Waals surface area contributed by atoms with Crippen molar-refractivity contribution >= 4 is 6.09 Å². The van der Waals surface area contributed by atoms with E-state index in [4.69, 9.17) is 10.00 Å². The molecule has 19 heavy (non-hydrogen) atoms. The Hall–Kier alpha value is -1.24. The zero-order valence-corrected chi connectivity index (χ0v) is 12.8. The monoisotopic (exact) mass is 266 g/mol. The van der Waals surface area contributed by atoms with Crippen LogP contribution in [-0.4, -0.2) is 18.2 Å². The Kier molecular flexibility index (Phi) is 4.50. The van der Waals surface area contributed by atoms with Gasteiger partial charge in [-0.1, -0.05) is 6.92 Å². The minimum absolute atomic E-state index is 0.0767. The Labute approximate surface area is 116 Å². The molecule has 1 saturated carbocycles. The molecule has 1 aliphatic rings. The number of amides is 1. The molecule has 0 aromatic heterocycles. The standard InChI is InChI=1S/C15H26N2O2/c1-13(2,3)19-12(18)17-11-15(5)8-6-14(4,10-16)7-9-15/h6-9,11H2,1-5H3,(H,17,18). The summed E-state index contributed by atoms with van der Waals surface area (Å²) in [4.78, 5) is 11.6. The van der Waals surface area contributed by atoms with E-state index in [1.54, 1.807) is 0 Å². The van der Waals surface area contributed by atoms with Gasteiger partial charge in [0.2, 0.25) is 0 Å². The SMILES string of the molecule is CC1(C#N)CCC(C)(CNC(=O)OC(C)(C)C)CC1. The third kappa shape index (κ3) is 5.10. The Morgan fingerprint density at radius 2 is 1.79 bits per heavy atom. The zero-order valence-electron chi connectivity index (χ0n) is 12.8. The van der Waals surface area contributed by atoms with E-state index in [2.05, 4.69) is 18.3 Å². The van der Waals surface area contributed by atoms with Crippen LogP contribution in [-0.2, 0) is 4.74 Å². The predicted molar refractivity (Wildman–Crippen MR) is 74.5 cm³/mol. The number of nitrogens with zero attached hydrogens (tertiary/aromatic N) is 1. The molecule has 0 aliphatic heterocycles. The Bertz CT molecular complexity index is 369. The van der Waals surface area contributed by atoms with Crippen LogP contribution in [0.2, 0.25) is 0 Å². The van der Waals surface area contributed by atoms with Crippen LogP contribution in [0.5, 0.6) is 0 Å². The fourth-order valence-corrected chi connectivity index (χ4v) is 2.29. The Balaban J connectivity index is 2.42. The van der Waals surface area contributed by atoms with E-state index in [9.17, 15) is 4.79 Å². The lowest BCUT2D eigenvalue weighted by atomic mass is 9.66. The number of hydrogen-bond acceptors (Lipinski definition) is 3. The quantitative estimate of drug-likeness (QED) is 0.830. The van der Waals surface area contributed by atoms with Gasteiger partial charge in [0.25, 0.3) is 0 Å². The van der Waals surface area contributed by atoms with Gasteiger partial charge in [-0.2, -0.15) is 5.26 Å². The van der Waals surface area contributed by atoms with E-state index in [0.717, 1.165) is 25.7 Å². The van der Waals surface area contributed by atoms with E-state index in [-0.39, 0.29) is 16.9 Å². The summed E-state index contributed by atoms with van der Waals surface area (Å²) in [7, 11) is 0. The second-order valence-corrected chi connectivity index (χ2v) is 7.34. The molecule has 0 saturated heterocycles. The van der Waals surface area contributed by atoms with Crippen LogP contribution in [0, 0.1) is 22.2 Å². The number of nitriles is 1. The predicted octanol–water partition coefficient (Wildman–Crippen LogP) is 3.62. The first kappa shape index (κ1) is 15.8. The molecule has 0 bridgehead atoms. The second-order valence-electron chi connectivity index (χ2n) is 7.34. The molecule has 0 unspecified atom stereocenters. The summed E-state index contributed by atoms with van der Waals surface area (Å²) in [6.07, 6.45) is 3.37. The molecule has 4 nitrogen and oxygen atoms in total. The molecular formula is C15H26N2O2. The molecule has 1 aliphatic carbocycles. The molecule has 0 aromatic rings. The topological polar surface area (TPSA) is 62.1 Å². The van der Waals surface area contributed by atoms with E-state index in [1.807, 2.05) is 27.7 Å². The summed E-state index contributed by atoms with van der Waals surface area (Å²) in [5, 5.41) is 12.0. The fraction of sp³-hybridized carbons (Fsp3) is 0.867. The minimum Gasteiger partial charge on any atom is -0.444 e. The summed E-state index contributed by atoms with van der Waals surface area (Å²) >= 11 is 0. The maximum absolute atomic E-state index is 11.6. The smallest absolute Gasteiger partial charge is 0.407 e. The van der Waals surface area contributed by atoms with Gasteiger partial charge in [0.1, 0.15) is 5.60 Å². The lowest BCUT2D eigenvalue weighted by Crippen LogP contribution is -2.41. The van der Waals surface area contributed by atoms with Crippen molar-refractivity contribution in [3.63, 3.8) is 0 Å². The summed E-state index contributed by atoms with van der Waals surface area (Å²) < 4.78 is 5.23. The summed E-state index contributed by atoms with van der Waals surface area (Å²) in [5.74, 6) is 0. The number of carbonyl (C=O) groups excluding carboxylic acids is 1. The molecular weight excluding hydrogens is 240 g/mol. The summed E-state index contributed by atoms with van der Waals surface area (Å²) in [5.41, 5.74) is -0.574. The van der Waals surface area contributed by atoms with Crippen molar-refractivity contribution in [2.24, 2.45) is 10.8 Å². The van der Waals surface area contributed by atoms with E-state index in [0.29, 0.717) is 6.54 Å². The van der Waals surface area contributed by atoms with Gasteiger partial charge in [-0.3, -0.25) is 0 Å².